The van der Waals surface area contributed by atoms with Crippen molar-refractivity contribution < 1.29 is 9.53 Å². The lowest BCUT2D eigenvalue weighted by Gasteiger charge is -2.10. The molecule has 0 bridgehead atoms. The number of thioether (sulfide) groups is 2. The Balaban J connectivity index is 1.45. The van der Waals surface area contributed by atoms with Gasteiger partial charge in [0.25, 0.3) is 5.91 Å². The summed E-state index contributed by atoms with van der Waals surface area (Å²) in [4.78, 5) is 12.3. The average Bonchev–Trinajstić information content (AvgIpc) is 3.22. The highest BCUT2D eigenvalue weighted by atomic mass is 32.2. The van der Waals surface area contributed by atoms with Gasteiger partial charge in [-0.15, -0.1) is 29.9 Å². The van der Waals surface area contributed by atoms with Crippen LogP contribution in [0.25, 0.3) is 0 Å². The van der Waals surface area contributed by atoms with Crippen LogP contribution < -0.4 is 10.1 Å². The van der Waals surface area contributed by atoms with Crippen LogP contribution in [0.15, 0.2) is 48.5 Å². The first kappa shape index (κ1) is 18.8. The van der Waals surface area contributed by atoms with Gasteiger partial charge in [-0.05, 0) is 41.8 Å². The summed E-state index contributed by atoms with van der Waals surface area (Å²) in [6.07, 6.45) is 5.94. The van der Waals surface area contributed by atoms with E-state index in [9.17, 15) is 4.79 Å². The monoisotopic (exact) mass is 383 g/mol. The Labute approximate surface area is 163 Å². The van der Waals surface area contributed by atoms with Crippen molar-refractivity contribution in [3.63, 3.8) is 0 Å². The van der Waals surface area contributed by atoms with Gasteiger partial charge in [0.05, 0.1) is 4.58 Å². The van der Waals surface area contributed by atoms with Gasteiger partial charge in [-0.3, -0.25) is 4.79 Å². The molecule has 5 heteroatoms. The maximum absolute atomic E-state index is 12.3. The lowest BCUT2D eigenvalue weighted by Crippen LogP contribution is -2.25. The fourth-order valence-corrected chi connectivity index (χ4v) is 5.50. The van der Waals surface area contributed by atoms with Gasteiger partial charge < -0.3 is 10.1 Å². The molecule has 0 unspecified atom stereocenters. The van der Waals surface area contributed by atoms with Gasteiger partial charge in [-0.2, -0.15) is 0 Å². The average molecular weight is 384 g/mol. The van der Waals surface area contributed by atoms with Crippen molar-refractivity contribution in [3.8, 4) is 18.1 Å². The van der Waals surface area contributed by atoms with Crippen molar-refractivity contribution in [1.82, 2.24) is 5.32 Å². The summed E-state index contributed by atoms with van der Waals surface area (Å²) in [6.45, 7) is 0.867. The molecule has 0 radical (unpaired) electrons. The second-order valence-corrected chi connectivity index (χ2v) is 8.56. The zero-order valence-electron chi connectivity index (χ0n) is 14.4. The Morgan fingerprint density at radius 1 is 1.12 bits per heavy atom. The number of terminal acetylenes is 1. The van der Waals surface area contributed by atoms with Crippen LogP contribution in [0.5, 0.6) is 5.75 Å². The molecule has 0 saturated carbocycles. The van der Waals surface area contributed by atoms with Crippen molar-refractivity contribution in [2.24, 2.45) is 0 Å². The predicted molar refractivity (Wildman–Crippen MR) is 111 cm³/mol. The van der Waals surface area contributed by atoms with Gasteiger partial charge in [0.15, 0.2) is 0 Å². The quantitative estimate of drug-likeness (QED) is 0.729. The summed E-state index contributed by atoms with van der Waals surface area (Å²) in [7, 11) is 0. The Morgan fingerprint density at radius 2 is 1.81 bits per heavy atom. The molecular formula is C21H21NO2S2. The highest BCUT2D eigenvalue weighted by Crippen LogP contribution is 2.45. The summed E-state index contributed by atoms with van der Waals surface area (Å²) < 4.78 is 5.86. The molecule has 1 aliphatic rings. The number of ether oxygens (including phenoxy) is 1. The first-order valence-corrected chi connectivity index (χ1v) is 10.6. The minimum atomic E-state index is -0.0303. The predicted octanol–water partition coefficient (Wildman–Crippen LogP) is 4.15. The lowest BCUT2D eigenvalue weighted by molar-refractivity contribution is 0.0954. The maximum atomic E-state index is 12.3. The second-order valence-electron chi connectivity index (χ2n) is 5.84. The standard InChI is InChI=1S/C21H21NO2S2/c1-2-13-24-19-9-3-16(4-10-19)11-12-22-20(23)17-5-7-18(8-6-17)21-25-14-15-26-21/h1,3-10,21H,11-15H2,(H,22,23). The summed E-state index contributed by atoms with van der Waals surface area (Å²) in [5.41, 5.74) is 3.14. The van der Waals surface area contributed by atoms with E-state index < -0.39 is 0 Å². The third kappa shape index (κ3) is 5.23. The van der Waals surface area contributed by atoms with Gasteiger partial charge in [-0.1, -0.05) is 30.2 Å². The molecule has 1 saturated heterocycles. The van der Waals surface area contributed by atoms with E-state index in [4.69, 9.17) is 11.2 Å². The molecule has 0 spiro atoms. The van der Waals surface area contributed by atoms with Crippen molar-refractivity contribution in [2.45, 2.75) is 11.0 Å². The summed E-state index contributed by atoms with van der Waals surface area (Å²) in [5, 5.41) is 2.98. The van der Waals surface area contributed by atoms with Crippen molar-refractivity contribution in [2.75, 3.05) is 24.7 Å². The third-order valence-electron chi connectivity index (χ3n) is 4.01. The first-order valence-electron chi connectivity index (χ1n) is 8.53. The number of nitrogens with one attached hydrogen (secondary N) is 1. The van der Waals surface area contributed by atoms with Crippen molar-refractivity contribution in [3.05, 3.63) is 65.2 Å². The number of rotatable bonds is 7. The Hall–Kier alpha value is -2.03. The molecule has 3 nitrogen and oxygen atoms in total. The normalized spacial score (nSPS) is 14.0. The smallest absolute Gasteiger partial charge is 0.251 e. The molecule has 2 aromatic carbocycles. The molecule has 0 aliphatic carbocycles. The van der Waals surface area contributed by atoms with Crippen LogP contribution in [0.2, 0.25) is 0 Å². The highest BCUT2D eigenvalue weighted by molar-refractivity contribution is 8.19. The van der Waals surface area contributed by atoms with E-state index in [-0.39, 0.29) is 12.5 Å². The van der Waals surface area contributed by atoms with Crippen LogP contribution in [0.3, 0.4) is 0 Å². The summed E-state index contributed by atoms with van der Waals surface area (Å²) in [6, 6.07) is 15.7. The van der Waals surface area contributed by atoms with Gasteiger partial charge in [0, 0.05) is 23.6 Å². The molecule has 2 aromatic rings. The van der Waals surface area contributed by atoms with E-state index >= 15 is 0 Å². The van der Waals surface area contributed by atoms with Crippen molar-refractivity contribution in [1.29, 1.82) is 0 Å². The zero-order chi connectivity index (χ0) is 18.2. The molecule has 0 atom stereocenters. The minimum Gasteiger partial charge on any atom is -0.481 e. The van der Waals surface area contributed by atoms with Crippen LogP contribution in [-0.4, -0.2) is 30.6 Å². The summed E-state index contributed by atoms with van der Waals surface area (Å²) in [5.74, 6) is 5.57. The maximum Gasteiger partial charge on any atom is 0.251 e. The Bertz CT molecular complexity index is 760. The van der Waals surface area contributed by atoms with E-state index in [0.29, 0.717) is 16.7 Å². The topological polar surface area (TPSA) is 38.3 Å². The third-order valence-corrected chi connectivity index (χ3v) is 7.12. The fraction of sp³-hybridized carbons (Fsp3) is 0.286. The second kappa shape index (κ2) is 9.61. The Morgan fingerprint density at radius 3 is 2.46 bits per heavy atom. The number of hydrogen-bond acceptors (Lipinski definition) is 4. The van der Waals surface area contributed by atoms with Crippen LogP contribution in [0, 0.1) is 12.3 Å². The fourth-order valence-electron chi connectivity index (χ4n) is 2.64. The van der Waals surface area contributed by atoms with Gasteiger partial charge >= 0.3 is 0 Å². The lowest BCUT2D eigenvalue weighted by atomic mass is 10.1. The van der Waals surface area contributed by atoms with Gasteiger partial charge in [0.1, 0.15) is 12.4 Å². The molecule has 1 fully saturated rings. The number of amides is 1. The highest BCUT2D eigenvalue weighted by Gasteiger charge is 2.18. The van der Waals surface area contributed by atoms with Crippen LogP contribution >= 0.6 is 23.5 Å². The molecule has 1 N–H and O–H groups in total. The van der Waals surface area contributed by atoms with Gasteiger partial charge in [-0.25, -0.2) is 0 Å². The van der Waals surface area contributed by atoms with E-state index in [1.807, 2.05) is 59.9 Å². The SMILES string of the molecule is C#CCOc1ccc(CCNC(=O)c2ccc(C3SCCS3)cc2)cc1. The first-order chi connectivity index (χ1) is 12.8. The van der Waals surface area contributed by atoms with Crippen LogP contribution in [0.1, 0.15) is 26.1 Å². The summed E-state index contributed by atoms with van der Waals surface area (Å²) >= 11 is 3.94. The molecule has 26 heavy (non-hydrogen) atoms. The van der Waals surface area contributed by atoms with Crippen LogP contribution in [0.4, 0.5) is 0 Å². The number of carbonyl (C=O) groups excluding carboxylic acids is 1. The molecule has 1 aliphatic heterocycles. The van der Waals surface area contributed by atoms with Crippen molar-refractivity contribution >= 4 is 29.4 Å². The van der Waals surface area contributed by atoms with E-state index in [1.165, 1.54) is 17.1 Å². The van der Waals surface area contributed by atoms with Gasteiger partial charge in [0.2, 0.25) is 0 Å². The molecule has 134 valence electrons. The molecule has 1 heterocycles. The number of benzene rings is 2. The number of carbonyl (C=O) groups is 1. The molecule has 0 aromatic heterocycles. The van der Waals surface area contributed by atoms with Crippen LogP contribution in [-0.2, 0) is 6.42 Å². The zero-order valence-corrected chi connectivity index (χ0v) is 16.1. The molecule has 3 rings (SSSR count). The van der Waals surface area contributed by atoms with E-state index in [2.05, 4.69) is 23.4 Å². The Kier molecular flexibility index (Phi) is 6.93. The molecule has 1 amide bonds. The largest absolute Gasteiger partial charge is 0.481 e. The van der Waals surface area contributed by atoms with E-state index in [1.54, 1.807) is 0 Å². The molecular weight excluding hydrogens is 362 g/mol. The minimum absolute atomic E-state index is 0.0303. The number of hydrogen-bond donors (Lipinski definition) is 1. The van der Waals surface area contributed by atoms with E-state index in [0.717, 1.165) is 17.7 Å².